The smallest absolute Gasteiger partial charge is 0.327 e. The van der Waals surface area contributed by atoms with E-state index in [0.717, 1.165) is 5.46 Å². The molecule has 1 radical (unpaired) electrons. The van der Waals surface area contributed by atoms with Gasteiger partial charge in [0.05, 0.1) is 0 Å². The van der Waals surface area contributed by atoms with Gasteiger partial charge in [-0.2, -0.15) is 0 Å². The highest BCUT2D eigenvalue weighted by molar-refractivity contribution is 6.48. The standard InChI is InChI=1S/C18H18BO/c20-19-16-10-6-9-15-17(16)13-7-2-3-8-14(13)18(15)11-4-1-5-12-18/h2-3,6-10,20H,1,4-5,11-12H2. The van der Waals surface area contributed by atoms with Crippen molar-refractivity contribution >= 4 is 12.9 Å². The first kappa shape index (κ1) is 12.2. The number of hydrogen-bond donors (Lipinski definition) is 1. The van der Waals surface area contributed by atoms with Crippen LogP contribution in [0.25, 0.3) is 11.1 Å². The van der Waals surface area contributed by atoms with Crippen molar-refractivity contribution in [1.29, 1.82) is 0 Å². The van der Waals surface area contributed by atoms with Crippen LogP contribution in [0.1, 0.15) is 43.2 Å². The van der Waals surface area contributed by atoms with E-state index in [4.69, 9.17) is 0 Å². The van der Waals surface area contributed by atoms with E-state index in [1.807, 2.05) is 6.07 Å². The predicted octanol–water partition coefficient (Wildman–Crippen LogP) is 3.15. The Morgan fingerprint density at radius 3 is 2.40 bits per heavy atom. The van der Waals surface area contributed by atoms with Crippen LogP contribution in [0, 0.1) is 0 Å². The van der Waals surface area contributed by atoms with Gasteiger partial charge in [0, 0.05) is 5.41 Å². The zero-order valence-corrected chi connectivity index (χ0v) is 11.6. The molecule has 0 amide bonds. The van der Waals surface area contributed by atoms with Gasteiger partial charge in [-0.25, -0.2) is 0 Å². The summed E-state index contributed by atoms with van der Waals surface area (Å²) in [6.45, 7) is 0. The quantitative estimate of drug-likeness (QED) is 0.782. The summed E-state index contributed by atoms with van der Waals surface area (Å²) in [5.41, 5.74) is 6.64. The van der Waals surface area contributed by atoms with Crippen molar-refractivity contribution in [1.82, 2.24) is 0 Å². The van der Waals surface area contributed by atoms with E-state index < -0.39 is 0 Å². The molecule has 2 aromatic carbocycles. The molecular weight excluding hydrogens is 243 g/mol. The highest BCUT2D eigenvalue weighted by Gasteiger charge is 2.43. The molecule has 1 fully saturated rings. The van der Waals surface area contributed by atoms with Gasteiger partial charge in [-0.3, -0.25) is 0 Å². The van der Waals surface area contributed by atoms with Crippen molar-refractivity contribution in [3.05, 3.63) is 53.6 Å². The molecule has 4 rings (SSSR count). The van der Waals surface area contributed by atoms with Gasteiger partial charge >= 0.3 is 7.48 Å². The summed E-state index contributed by atoms with van der Waals surface area (Å²) in [5, 5.41) is 9.59. The number of rotatable bonds is 1. The zero-order chi connectivity index (χ0) is 13.6. The summed E-state index contributed by atoms with van der Waals surface area (Å²) < 4.78 is 0. The Morgan fingerprint density at radius 1 is 0.850 bits per heavy atom. The van der Waals surface area contributed by atoms with E-state index in [1.54, 1.807) is 0 Å². The van der Waals surface area contributed by atoms with E-state index in [2.05, 4.69) is 36.4 Å². The van der Waals surface area contributed by atoms with Crippen molar-refractivity contribution in [3.8, 4) is 11.1 Å². The third kappa shape index (κ3) is 1.49. The van der Waals surface area contributed by atoms with Gasteiger partial charge in [-0.1, -0.05) is 61.7 Å². The van der Waals surface area contributed by atoms with Crippen molar-refractivity contribution in [2.24, 2.45) is 0 Å². The molecular formula is C18H18BO. The lowest BCUT2D eigenvalue weighted by atomic mass is 9.67. The predicted molar refractivity (Wildman–Crippen MR) is 83.3 cm³/mol. The average Bonchev–Trinajstić information content (AvgIpc) is 2.80. The van der Waals surface area contributed by atoms with Gasteiger partial charge in [0.2, 0.25) is 0 Å². The fraction of sp³-hybridized carbons (Fsp3) is 0.333. The molecule has 1 N–H and O–H groups in total. The average molecular weight is 261 g/mol. The zero-order valence-electron chi connectivity index (χ0n) is 11.6. The van der Waals surface area contributed by atoms with Crippen LogP contribution in [0.2, 0.25) is 0 Å². The molecule has 0 bridgehead atoms. The molecule has 1 nitrogen and oxygen atoms in total. The van der Waals surface area contributed by atoms with Gasteiger partial charge in [0.25, 0.3) is 0 Å². The van der Waals surface area contributed by atoms with Crippen LogP contribution < -0.4 is 5.46 Å². The molecule has 0 aliphatic heterocycles. The van der Waals surface area contributed by atoms with Crippen molar-refractivity contribution in [2.45, 2.75) is 37.5 Å². The van der Waals surface area contributed by atoms with Gasteiger partial charge in [0.1, 0.15) is 0 Å². The SMILES string of the molecule is O[B]c1cccc2c1-c1ccccc1C21CCCCC1. The Balaban J connectivity index is 2.04. The van der Waals surface area contributed by atoms with E-state index in [9.17, 15) is 5.02 Å². The van der Waals surface area contributed by atoms with E-state index in [1.165, 1.54) is 61.8 Å². The van der Waals surface area contributed by atoms with Crippen molar-refractivity contribution < 1.29 is 5.02 Å². The molecule has 2 aliphatic carbocycles. The van der Waals surface area contributed by atoms with Gasteiger partial charge < -0.3 is 5.02 Å². The summed E-state index contributed by atoms with van der Waals surface area (Å²) in [6, 6.07) is 15.1. The third-order valence-electron chi connectivity index (χ3n) is 5.17. The lowest BCUT2D eigenvalue weighted by Crippen LogP contribution is -2.28. The molecule has 2 aliphatic rings. The van der Waals surface area contributed by atoms with Gasteiger partial charge in [-0.05, 0) is 40.6 Å². The topological polar surface area (TPSA) is 20.2 Å². The van der Waals surface area contributed by atoms with Crippen molar-refractivity contribution in [2.75, 3.05) is 0 Å². The Bertz CT molecular complexity index is 656. The third-order valence-corrected chi connectivity index (χ3v) is 5.17. The molecule has 0 heterocycles. The minimum Gasteiger partial charge on any atom is -0.450 e. The van der Waals surface area contributed by atoms with Crippen molar-refractivity contribution in [3.63, 3.8) is 0 Å². The molecule has 0 aromatic heterocycles. The fourth-order valence-corrected chi connectivity index (χ4v) is 4.33. The van der Waals surface area contributed by atoms with Crippen LogP contribution in [0.5, 0.6) is 0 Å². The molecule has 0 saturated heterocycles. The number of benzene rings is 2. The second-order valence-electron chi connectivity index (χ2n) is 6.09. The maximum Gasteiger partial charge on any atom is 0.327 e. The van der Waals surface area contributed by atoms with Crippen LogP contribution in [0.15, 0.2) is 42.5 Å². The molecule has 2 heteroatoms. The highest BCUT2D eigenvalue weighted by Crippen LogP contribution is 2.54. The Kier molecular flexibility index (Phi) is 2.75. The van der Waals surface area contributed by atoms with E-state index in [-0.39, 0.29) is 5.41 Å². The molecule has 20 heavy (non-hydrogen) atoms. The normalized spacial score (nSPS) is 18.6. The Labute approximate surface area is 120 Å². The van der Waals surface area contributed by atoms with Gasteiger partial charge in [-0.15, -0.1) is 0 Å². The molecule has 1 spiro atoms. The monoisotopic (exact) mass is 261 g/mol. The first-order valence-corrected chi connectivity index (χ1v) is 7.58. The summed E-state index contributed by atoms with van der Waals surface area (Å²) in [4.78, 5) is 0. The summed E-state index contributed by atoms with van der Waals surface area (Å²) in [5.74, 6) is 0. The fourth-order valence-electron chi connectivity index (χ4n) is 4.33. The minimum atomic E-state index is 0.198. The molecule has 0 unspecified atom stereocenters. The Morgan fingerprint density at radius 2 is 1.60 bits per heavy atom. The lowest BCUT2D eigenvalue weighted by molar-refractivity contribution is 0.353. The maximum atomic E-state index is 9.59. The highest BCUT2D eigenvalue weighted by atomic mass is 16.2. The molecule has 99 valence electrons. The minimum absolute atomic E-state index is 0.198. The summed E-state index contributed by atoms with van der Waals surface area (Å²) in [7, 11) is 1.26. The number of fused-ring (bicyclic) bond motifs is 5. The number of hydrogen-bond acceptors (Lipinski definition) is 1. The summed E-state index contributed by atoms with van der Waals surface area (Å²) >= 11 is 0. The second kappa shape index (κ2) is 4.49. The van der Waals surface area contributed by atoms with Crippen LogP contribution in [0.4, 0.5) is 0 Å². The maximum absolute atomic E-state index is 9.59. The lowest BCUT2D eigenvalue weighted by Gasteiger charge is -2.36. The molecule has 0 atom stereocenters. The largest absolute Gasteiger partial charge is 0.450 e. The summed E-state index contributed by atoms with van der Waals surface area (Å²) in [6.07, 6.45) is 6.45. The first-order chi connectivity index (χ1) is 9.87. The van der Waals surface area contributed by atoms with Gasteiger partial charge in [0.15, 0.2) is 0 Å². The van der Waals surface area contributed by atoms with Crippen LogP contribution in [0.3, 0.4) is 0 Å². The van der Waals surface area contributed by atoms with Crippen LogP contribution in [-0.2, 0) is 5.41 Å². The molecule has 1 saturated carbocycles. The Hall–Kier alpha value is -1.54. The second-order valence-corrected chi connectivity index (χ2v) is 6.09. The molecule has 2 aromatic rings. The first-order valence-electron chi connectivity index (χ1n) is 7.58. The van der Waals surface area contributed by atoms with E-state index in [0.29, 0.717) is 0 Å². The van der Waals surface area contributed by atoms with E-state index >= 15 is 0 Å². The van der Waals surface area contributed by atoms with Crippen LogP contribution in [-0.4, -0.2) is 12.5 Å². The van der Waals surface area contributed by atoms with Crippen LogP contribution >= 0.6 is 0 Å².